The summed E-state index contributed by atoms with van der Waals surface area (Å²) in [6.07, 6.45) is 2.61. The summed E-state index contributed by atoms with van der Waals surface area (Å²) in [4.78, 5) is 0. The van der Waals surface area contributed by atoms with Crippen LogP contribution in [0, 0.1) is 6.92 Å². The Kier molecular flexibility index (Phi) is 5.49. The van der Waals surface area contributed by atoms with Crippen LogP contribution in [0.15, 0.2) is 18.2 Å². The van der Waals surface area contributed by atoms with Crippen molar-refractivity contribution in [2.45, 2.75) is 19.9 Å². The molecule has 1 atom stereocenters. The molecule has 0 radical (unpaired) electrons. The molecular weight excluding hydrogens is 222 g/mol. The molecule has 3 nitrogen and oxygen atoms in total. The minimum Gasteiger partial charge on any atom is -0.507 e. The Hall–Kier alpha value is -0.870. The van der Waals surface area contributed by atoms with Gasteiger partial charge in [0.1, 0.15) is 5.75 Å². The third-order valence-corrected chi connectivity index (χ3v) is 3.29. The smallest absolute Gasteiger partial charge is 0.122 e. The molecule has 0 aliphatic rings. The van der Waals surface area contributed by atoms with E-state index in [1.54, 1.807) is 6.26 Å². The summed E-state index contributed by atoms with van der Waals surface area (Å²) in [5.41, 5.74) is 1.81. The SMILES string of the molecule is Cc1cccc(CNCCCS(C)=O)c1O. The first-order chi connectivity index (χ1) is 7.61. The van der Waals surface area contributed by atoms with Gasteiger partial charge in [0.25, 0.3) is 0 Å². The van der Waals surface area contributed by atoms with Crippen LogP contribution in [0.5, 0.6) is 5.75 Å². The van der Waals surface area contributed by atoms with Crippen molar-refractivity contribution in [3.63, 3.8) is 0 Å². The normalized spacial score (nSPS) is 12.6. The zero-order valence-corrected chi connectivity index (χ0v) is 10.6. The molecule has 0 spiro atoms. The number of rotatable bonds is 6. The second kappa shape index (κ2) is 6.66. The molecule has 1 aromatic carbocycles. The number of phenolic OH excluding ortho intramolecular Hbond substituents is 1. The van der Waals surface area contributed by atoms with Crippen molar-refractivity contribution in [1.29, 1.82) is 0 Å². The van der Waals surface area contributed by atoms with Crippen LogP contribution < -0.4 is 5.32 Å². The minimum atomic E-state index is -0.711. The van der Waals surface area contributed by atoms with Crippen LogP contribution in [0.25, 0.3) is 0 Å². The number of para-hydroxylation sites is 1. The maximum absolute atomic E-state index is 10.8. The molecule has 16 heavy (non-hydrogen) atoms. The first-order valence-corrected chi connectivity index (χ1v) is 7.12. The van der Waals surface area contributed by atoms with E-state index in [1.807, 2.05) is 25.1 Å². The minimum absolute atomic E-state index is 0.370. The van der Waals surface area contributed by atoms with Crippen LogP contribution in [0.3, 0.4) is 0 Å². The molecule has 0 bridgehead atoms. The predicted molar refractivity (Wildman–Crippen MR) is 68.1 cm³/mol. The summed E-state index contributed by atoms with van der Waals surface area (Å²) in [6.45, 7) is 3.37. The molecule has 0 aliphatic heterocycles. The molecule has 4 heteroatoms. The van der Waals surface area contributed by atoms with E-state index >= 15 is 0 Å². The molecule has 0 amide bonds. The van der Waals surface area contributed by atoms with Gasteiger partial charge in [0, 0.05) is 34.9 Å². The number of hydrogen-bond donors (Lipinski definition) is 2. The quantitative estimate of drug-likeness (QED) is 0.743. The van der Waals surface area contributed by atoms with Crippen molar-refractivity contribution in [3.05, 3.63) is 29.3 Å². The molecular formula is C12H19NO2S. The molecule has 2 N–H and O–H groups in total. The summed E-state index contributed by atoms with van der Waals surface area (Å²) in [7, 11) is -0.711. The van der Waals surface area contributed by atoms with Gasteiger partial charge >= 0.3 is 0 Å². The molecule has 0 fully saturated rings. The average molecular weight is 241 g/mol. The van der Waals surface area contributed by atoms with Crippen LogP contribution >= 0.6 is 0 Å². The van der Waals surface area contributed by atoms with Crippen molar-refractivity contribution >= 4 is 10.8 Å². The second-order valence-corrected chi connectivity index (χ2v) is 5.44. The van der Waals surface area contributed by atoms with Crippen molar-refractivity contribution < 1.29 is 9.32 Å². The van der Waals surface area contributed by atoms with Gasteiger partial charge in [-0.05, 0) is 25.5 Å². The van der Waals surface area contributed by atoms with E-state index in [0.717, 1.165) is 29.8 Å². The number of benzene rings is 1. The zero-order chi connectivity index (χ0) is 12.0. The Balaban J connectivity index is 2.32. The molecule has 1 aromatic rings. The first kappa shape index (κ1) is 13.2. The van der Waals surface area contributed by atoms with Crippen molar-refractivity contribution in [2.24, 2.45) is 0 Å². The van der Waals surface area contributed by atoms with Crippen LogP contribution in [0.2, 0.25) is 0 Å². The molecule has 0 saturated carbocycles. The number of phenols is 1. The maximum Gasteiger partial charge on any atom is 0.122 e. The molecule has 0 heterocycles. The van der Waals surface area contributed by atoms with Gasteiger partial charge in [-0.25, -0.2) is 0 Å². The highest BCUT2D eigenvalue weighted by Gasteiger charge is 2.02. The summed E-state index contributed by atoms with van der Waals surface area (Å²) >= 11 is 0. The van der Waals surface area contributed by atoms with E-state index in [1.165, 1.54) is 0 Å². The molecule has 1 unspecified atom stereocenters. The lowest BCUT2D eigenvalue weighted by molar-refractivity contribution is 0.460. The third kappa shape index (κ3) is 4.33. The Morgan fingerprint density at radius 2 is 2.19 bits per heavy atom. The Labute approximate surface area is 99.3 Å². The Bertz CT molecular complexity index is 366. The van der Waals surface area contributed by atoms with E-state index in [-0.39, 0.29) is 0 Å². The molecule has 0 saturated heterocycles. The lowest BCUT2D eigenvalue weighted by Crippen LogP contribution is -2.16. The average Bonchev–Trinajstić information content (AvgIpc) is 2.23. The van der Waals surface area contributed by atoms with Crippen molar-refractivity contribution in [3.8, 4) is 5.75 Å². The van der Waals surface area contributed by atoms with Crippen molar-refractivity contribution in [2.75, 3.05) is 18.6 Å². The number of aromatic hydroxyl groups is 1. The van der Waals surface area contributed by atoms with Gasteiger partial charge in [-0.3, -0.25) is 4.21 Å². The van der Waals surface area contributed by atoms with Gasteiger partial charge in [0.2, 0.25) is 0 Å². The fourth-order valence-electron chi connectivity index (χ4n) is 1.49. The number of aryl methyl sites for hydroxylation is 1. The zero-order valence-electron chi connectivity index (χ0n) is 9.82. The highest BCUT2D eigenvalue weighted by atomic mass is 32.2. The Morgan fingerprint density at radius 3 is 2.88 bits per heavy atom. The van der Waals surface area contributed by atoms with Gasteiger partial charge < -0.3 is 10.4 Å². The monoisotopic (exact) mass is 241 g/mol. The van der Waals surface area contributed by atoms with Gasteiger partial charge in [-0.2, -0.15) is 0 Å². The van der Waals surface area contributed by atoms with Crippen LogP contribution in [0.1, 0.15) is 17.5 Å². The summed E-state index contributed by atoms with van der Waals surface area (Å²) in [5.74, 6) is 1.10. The summed E-state index contributed by atoms with van der Waals surface area (Å²) in [6, 6.07) is 5.74. The molecule has 1 rings (SSSR count). The van der Waals surface area contributed by atoms with E-state index in [9.17, 15) is 9.32 Å². The molecule has 0 aliphatic carbocycles. The highest BCUT2D eigenvalue weighted by molar-refractivity contribution is 7.84. The van der Waals surface area contributed by atoms with Crippen molar-refractivity contribution in [1.82, 2.24) is 5.32 Å². The Morgan fingerprint density at radius 1 is 1.44 bits per heavy atom. The molecule has 90 valence electrons. The van der Waals surface area contributed by atoms with E-state index in [0.29, 0.717) is 12.3 Å². The summed E-state index contributed by atoms with van der Waals surface area (Å²) < 4.78 is 10.8. The van der Waals surface area contributed by atoms with E-state index < -0.39 is 10.8 Å². The fourth-order valence-corrected chi connectivity index (χ4v) is 2.04. The van der Waals surface area contributed by atoms with Gasteiger partial charge in [0.15, 0.2) is 0 Å². The van der Waals surface area contributed by atoms with Gasteiger partial charge in [-0.1, -0.05) is 18.2 Å². The van der Waals surface area contributed by atoms with Crippen LogP contribution in [-0.2, 0) is 17.3 Å². The lowest BCUT2D eigenvalue weighted by Gasteiger charge is -2.08. The van der Waals surface area contributed by atoms with Crippen LogP contribution in [0.4, 0.5) is 0 Å². The first-order valence-electron chi connectivity index (χ1n) is 5.39. The predicted octanol–water partition coefficient (Wildman–Crippen LogP) is 1.56. The standard InChI is InChI=1S/C12H19NO2S/c1-10-5-3-6-11(12(10)14)9-13-7-4-8-16(2)15/h3,5-6,13-14H,4,7-9H2,1-2H3. The summed E-state index contributed by atoms with van der Waals surface area (Å²) in [5, 5.41) is 13.0. The van der Waals surface area contributed by atoms with Crippen LogP contribution in [-0.4, -0.2) is 27.9 Å². The lowest BCUT2D eigenvalue weighted by atomic mass is 10.1. The van der Waals surface area contributed by atoms with Gasteiger partial charge in [0.05, 0.1) is 0 Å². The number of nitrogens with one attached hydrogen (secondary N) is 1. The highest BCUT2D eigenvalue weighted by Crippen LogP contribution is 2.20. The maximum atomic E-state index is 10.8. The third-order valence-electron chi connectivity index (χ3n) is 2.42. The number of hydrogen-bond acceptors (Lipinski definition) is 3. The van der Waals surface area contributed by atoms with E-state index in [4.69, 9.17) is 0 Å². The topological polar surface area (TPSA) is 49.3 Å². The molecule has 0 aromatic heterocycles. The van der Waals surface area contributed by atoms with E-state index in [2.05, 4.69) is 5.32 Å². The second-order valence-electron chi connectivity index (χ2n) is 3.89. The van der Waals surface area contributed by atoms with Gasteiger partial charge in [-0.15, -0.1) is 0 Å². The fraction of sp³-hybridized carbons (Fsp3) is 0.500. The largest absolute Gasteiger partial charge is 0.507 e.